The van der Waals surface area contributed by atoms with Crippen molar-refractivity contribution in [2.75, 3.05) is 26.9 Å². The predicted octanol–water partition coefficient (Wildman–Crippen LogP) is 1.49. The van der Waals surface area contributed by atoms with Crippen LogP contribution in [0.15, 0.2) is 18.2 Å². The average molecular weight is 263 g/mol. The highest BCUT2D eigenvalue weighted by Gasteiger charge is 2.30. The van der Waals surface area contributed by atoms with Crippen LogP contribution in [-0.4, -0.2) is 37.6 Å². The number of aliphatic hydroxyl groups is 1. The monoisotopic (exact) mass is 263 g/mol. The van der Waals surface area contributed by atoms with E-state index in [1.165, 1.54) is 7.11 Å². The van der Waals surface area contributed by atoms with Gasteiger partial charge in [0.25, 0.3) is 0 Å². The van der Waals surface area contributed by atoms with Crippen LogP contribution in [0.4, 0.5) is 0 Å². The molecule has 0 aliphatic carbocycles. The zero-order chi connectivity index (χ0) is 13.7. The molecule has 1 aromatic carbocycles. The Morgan fingerprint density at radius 1 is 1.42 bits per heavy atom. The van der Waals surface area contributed by atoms with Gasteiger partial charge in [0.15, 0.2) is 0 Å². The van der Waals surface area contributed by atoms with Crippen molar-refractivity contribution in [1.82, 2.24) is 0 Å². The second kappa shape index (κ2) is 5.91. The van der Waals surface area contributed by atoms with Crippen molar-refractivity contribution < 1.29 is 19.3 Å². The van der Waals surface area contributed by atoms with Gasteiger partial charge in [-0.25, -0.2) is 0 Å². The Hall–Kier alpha value is -1.77. The van der Waals surface area contributed by atoms with Gasteiger partial charge >= 0.3 is 0 Å². The van der Waals surface area contributed by atoms with E-state index in [0.29, 0.717) is 43.1 Å². The zero-order valence-electron chi connectivity index (χ0n) is 10.9. The Balaban J connectivity index is 2.01. The third kappa shape index (κ3) is 3.37. The second-order valence-electron chi connectivity index (χ2n) is 4.60. The van der Waals surface area contributed by atoms with Crippen molar-refractivity contribution in [2.45, 2.75) is 18.4 Å². The molecule has 0 radical (unpaired) electrons. The molecule has 5 heteroatoms. The summed E-state index contributed by atoms with van der Waals surface area (Å²) in [6, 6.07) is 7.03. The second-order valence-corrected chi connectivity index (χ2v) is 4.60. The third-order valence-electron chi connectivity index (χ3n) is 3.22. The van der Waals surface area contributed by atoms with Crippen molar-refractivity contribution in [3.8, 4) is 17.6 Å². The Morgan fingerprint density at radius 2 is 2.16 bits per heavy atom. The molecule has 102 valence electrons. The average Bonchev–Trinajstić information content (AvgIpc) is 2.45. The topological polar surface area (TPSA) is 71.7 Å². The predicted molar refractivity (Wildman–Crippen MR) is 68.2 cm³/mol. The van der Waals surface area contributed by atoms with Crippen LogP contribution in [0.1, 0.15) is 18.4 Å². The molecule has 1 N–H and O–H groups in total. The summed E-state index contributed by atoms with van der Waals surface area (Å²) < 4.78 is 15.9. The van der Waals surface area contributed by atoms with Crippen molar-refractivity contribution >= 4 is 0 Å². The number of nitriles is 1. The molecule has 0 bridgehead atoms. The third-order valence-corrected chi connectivity index (χ3v) is 3.22. The van der Waals surface area contributed by atoms with Gasteiger partial charge in [0.2, 0.25) is 0 Å². The highest BCUT2D eigenvalue weighted by atomic mass is 16.5. The maximum absolute atomic E-state index is 10.3. The SMILES string of the molecule is COc1cc(OCC2(O)CCOCC2)ccc1C#N. The van der Waals surface area contributed by atoms with E-state index < -0.39 is 5.60 Å². The Morgan fingerprint density at radius 3 is 2.79 bits per heavy atom. The molecule has 0 amide bonds. The fourth-order valence-electron chi connectivity index (χ4n) is 1.97. The van der Waals surface area contributed by atoms with Crippen molar-refractivity contribution in [2.24, 2.45) is 0 Å². The fraction of sp³-hybridized carbons (Fsp3) is 0.500. The minimum atomic E-state index is -0.834. The highest BCUT2D eigenvalue weighted by molar-refractivity contribution is 5.47. The molecule has 1 aliphatic rings. The van der Waals surface area contributed by atoms with Crippen LogP contribution >= 0.6 is 0 Å². The number of ether oxygens (including phenoxy) is 3. The van der Waals surface area contributed by atoms with E-state index in [0.717, 1.165) is 0 Å². The van der Waals surface area contributed by atoms with Crippen LogP contribution in [0.25, 0.3) is 0 Å². The van der Waals surface area contributed by atoms with Gasteiger partial charge in [-0.3, -0.25) is 0 Å². The molecule has 5 nitrogen and oxygen atoms in total. The van der Waals surface area contributed by atoms with Gasteiger partial charge in [0.05, 0.1) is 12.7 Å². The molecule has 0 aromatic heterocycles. The largest absolute Gasteiger partial charge is 0.495 e. The first-order valence-corrected chi connectivity index (χ1v) is 6.18. The Bertz CT molecular complexity index is 475. The summed E-state index contributed by atoms with van der Waals surface area (Å²) in [4.78, 5) is 0. The summed E-state index contributed by atoms with van der Waals surface area (Å²) in [5, 5.41) is 19.2. The summed E-state index contributed by atoms with van der Waals surface area (Å²) in [6.45, 7) is 1.32. The fourth-order valence-corrected chi connectivity index (χ4v) is 1.97. The first kappa shape index (κ1) is 13.7. The van der Waals surface area contributed by atoms with Gasteiger partial charge in [-0.05, 0) is 12.1 Å². The van der Waals surface area contributed by atoms with E-state index in [1.54, 1.807) is 18.2 Å². The standard InChI is InChI=1S/C14H17NO4/c1-17-13-8-12(3-2-11(13)9-15)19-10-14(16)4-6-18-7-5-14/h2-3,8,16H,4-7,10H2,1H3. The van der Waals surface area contributed by atoms with Gasteiger partial charge in [0.1, 0.15) is 29.8 Å². The maximum atomic E-state index is 10.3. The smallest absolute Gasteiger partial charge is 0.140 e. The highest BCUT2D eigenvalue weighted by Crippen LogP contribution is 2.26. The molecule has 19 heavy (non-hydrogen) atoms. The van der Waals surface area contributed by atoms with E-state index in [4.69, 9.17) is 19.5 Å². The van der Waals surface area contributed by atoms with Crippen molar-refractivity contribution in [3.05, 3.63) is 23.8 Å². The summed E-state index contributed by atoms with van der Waals surface area (Å²) >= 11 is 0. The van der Waals surface area contributed by atoms with E-state index in [2.05, 4.69) is 0 Å². The van der Waals surface area contributed by atoms with Gasteiger partial charge in [0, 0.05) is 32.1 Å². The lowest BCUT2D eigenvalue weighted by Gasteiger charge is -2.31. The molecule has 0 spiro atoms. The molecule has 1 aliphatic heterocycles. The molecular formula is C14H17NO4. The lowest BCUT2D eigenvalue weighted by atomic mass is 9.96. The number of rotatable bonds is 4. The summed E-state index contributed by atoms with van der Waals surface area (Å²) in [5.41, 5.74) is -0.376. The normalized spacial score (nSPS) is 17.5. The zero-order valence-corrected chi connectivity index (χ0v) is 10.9. The van der Waals surface area contributed by atoms with Gasteiger partial charge in [-0.2, -0.15) is 5.26 Å². The first-order chi connectivity index (χ1) is 9.17. The maximum Gasteiger partial charge on any atom is 0.140 e. The summed E-state index contributed by atoms with van der Waals surface area (Å²) in [5.74, 6) is 1.05. The number of nitrogens with zero attached hydrogens (tertiary/aromatic N) is 1. The molecule has 1 fully saturated rings. The molecule has 1 heterocycles. The molecule has 0 saturated carbocycles. The molecular weight excluding hydrogens is 246 g/mol. The van der Waals surface area contributed by atoms with Crippen molar-refractivity contribution in [3.63, 3.8) is 0 Å². The molecule has 1 saturated heterocycles. The molecule has 1 aromatic rings. The van der Waals surface area contributed by atoms with Crippen molar-refractivity contribution in [1.29, 1.82) is 5.26 Å². The lowest BCUT2D eigenvalue weighted by Crippen LogP contribution is -2.41. The minimum Gasteiger partial charge on any atom is -0.495 e. The Labute approximate surface area is 112 Å². The van der Waals surface area contributed by atoms with E-state index >= 15 is 0 Å². The van der Waals surface area contributed by atoms with Gasteiger partial charge in [-0.15, -0.1) is 0 Å². The number of hydrogen-bond acceptors (Lipinski definition) is 5. The lowest BCUT2D eigenvalue weighted by molar-refractivity contribution is -0.0855. The number of hydrogen-bond donors (Lipinski definition) is 1. The minimum absolute atomic E-state index is 0.214. The van der Waals surface area contributed by atoms with E-state index in [9.17, 15) is 5.11 Å². The number of methoxy groups -OCH3 is 1. The molecule has 0 atom stereocenters. The van der Waals surface area contributed by atoms with Gasteiger partial charge in [-0.1, -0.05) is 0 Å². The summed E-state index contributed by atoms with van der Waals surface area (Å²) in [7, 11) is 1.51. The van der Waals surface area contributed by atoms with Crippen LogP contribution in [0.3, 0.4) is 0 Å². The van der Waals surface area contributed by atoms with Crippen LogP contribution in [0, 0.1) is 11.3 Å². The van der Waals surface area contributed by atoms with E-state index in [1.807, 2.05) is 6.07 Å². The quantitative estimate of drug-likeness (QED) is 0.891. The molecule has 2 rings (SSSR count). The number of benzene rings is 1. The van der Waals surface area contributed by atoms with Crippen LogP contribution in [-0.2, 0) is 4.74 Å². The molecule has 0 unspecified atom stereocenters. The van der Waals surface area contributed by atoms with Crippen LogP contribution < -0.4 is 9.47 Å². The van der Waals surface area contributed by atoms with E-state index in [-0.39, 0.29) is 6.61 Å². The van der Waals surface area contributed by atoms with Crippen LogP contribution in [0.2, 0.25) is 0 Å². The van der Waals surface area contributed by atoms with Crippen LogP contribution in [0.5, 0.6) is 11.5 Å². The Kier molecular flexibility index (Phi) is 4.25. The first-order valence-electron chi connectivity index (χ1n) is 6.18. The summed E-state index contributed by atoms with van der Waals surface area (Å²) in [6.07, 6.45) is 1.14. The van der Waals surface area contributed by atoms with Gasteiger partial charge < -0.3 is 19.3 Å².